The van der Waals surface area contributed by atoms with Crippen molar-refractivity contribution < 1.29 is 35.8 Å². The fourth-order valence-corrected chi connectivity index (χ4v) is 2.72. The quantitative estimate of drug-likeness (QED) is 0.527. The Morgan fingerprint density at radius 3 is 2.39 bits per heavy atom. The highest BCUT2D eigenvalue weighted by Gasteiger charge is 2.40. The van der Waals surface area contributed by atoms with Gasteiger partial charge in [0, 0.05) is 6.20 Å². The lowest BCUT2D eigenvalue weighted by Crippen LogP contribution is -2.21. The summed E-state index contributed by atoms with van der Waals surface area (Å²) in [5.41, 5.74) is -4.69. The molecule has 0 spiro atoms. The zero-order valence-corrected chi connectivity index (χ0v) is 16.0. The highest BCUT2D eigenvalue weighted by molar-refractivity contribution is 6.31. The molecular formula is C18H10ClF6N3O3. The van der Waals surface area contributed by atoms with Crippen LogP contribution >= 0.6 is 11.6 Å². The number of hydrogen-bond donors (Lipinski definition) is 1. The molecule has 2 aromatic heterocycles. The van der Waals surface area contributed by atoms with Gasteiger partial charge in [0.25, 0.3) is 5.56 Å². The molecule has 0 radical (unpaired) electrons. The number of ether oxygens (including phenoxy) is 2. The average Bonchev–Trinajstić information content (AvgIpc) is 2.68. The van der Waals surface area contributed by atoms with Crippen molar-refractivity contribution in [3.05, 3.63) is 63.2 Å². The van der Waals surface area contributed by atoms with Gasteiger partial charge < -0.3 is 14.5 Å². The third kappa shape index (κ3) is 4.74. The Balaban J connectivity index is 2.15. The summed E-state index contributed by atoms with van der Waals surface area (Å²) in [7, 11) is 1.24. The van der Waals surface area contributed by atoms with E-state index in [4.69, 9.17) is 21.1 Å². The number of H-pyrrole nitrogens is 1. The highest BCUT2D eigenvalue weighted by atomic mass is 35.5. The Hall–Kier alpha value is -3.28. The van der Waals surface area contributed by atoms with Crippen LogP contribution in [0, 0.1) is 0 Å². The van der Waals surface area contributed by atoms with E-state index in [-0.39, 0.29) is 11.4 Å². The van der Waals surface area contributed by atoms with Crippen LogP contribution in [0.3, 0.4) is 0 Å². The maximum atomic E-state index is 13.6. The second kappa shape index (κ2) is 8.10. The number of alkyl halides is 6. The van der Waals surface area contributed by atoms with Crippen LogP contribution in [0.15, 0.2) is 41.3 Å². The molecular weight excluding hydrogens is 456 g/mol. The van der Waals surface area contributed by atoms with Crippen LogP contribution < -0.4 is 15.0 Å². The molecule has 0 saturated carbocycles. The molecule has 164 valence electrons. The Kier molecular flexibility index (Phi) is 5.85. The molecule has 0 fully saturated rings. The lowest BCUT2D eigenvalue weighted by molar-refractivity contribution is -0.142. The van der Waals surface area contributed by atoms with Crippen LogP contribution in [0.5, 0.6) is 17.2 Å². The predicted octanol–water partition coefficient (Wildman–Crippen LogP) is 5.32. The maximum Gasteiger partial charge on any atom is 0.437 e. The largest absolute Gasteiger partial charge is 0.494 e. The summed E-state index contributed by atoms with van der Waals surface area (Å²) < 4.78 is 89.7. The van der Waals surface area contributed by atoms with Crippen molar-refractivity contribution in [2.24, 2.45) is 0 Å². The van der Waals surface area contributed by atoms with Crippen molar-refractivity contribution in [3.8, 4) is 28.8 Å². The Morgan fingerprint density at radius 1 is 1.06 bits per heavy atom. The van der Waals surface area contributed by atoms with Gasteiger partial charge in [-0.05, 0) is 30.3 Å². The summed E-state index contributed by atoms with van der Waals surface area (Å²) in [5.74, 6) is -2.59. The smallest absolute Gasteiger partial charge is 0.437 e. The second-order valence-corrected chi connectivity index (χ2v) is 6.29. The van der Waals surface area contributed by atoms with Crippen LogP contribution in [-0.4, -0.2) is 22.1 Å². The fraction of sp³-hybridized carbons (Fsp3) is 0.167. The fourth-order valence-electron chi connectivity index (χ4n) is 2.50. The van der Waals surface area contributed by atoms with Gasteiger partial charge in [-0.2, -0.15) is 26.3 Å². The number of pyridine rings is 1. The molecule has 3 aromatic rings. The van der Waals surface area contributed by atoms with Crippen molar-refractivity contribution in [2.45, 2.75) is 12.4 Å². The number of halogens is 7. The van der Waals surface area contributed by atoms with Gasteiger partial charge in [0.15, 0.2) is 11.5 Å². The molecule has 0 aliphatic rings. The molecule has 0 unspecified atom stereocenters. The van der Waals surface area contributed by atoms with Crippen LogP contribution in [0.25, 0.3) is 11.5 Å². The molecule has 2 heterocycles. The van der Waals surface area contributed by atoms with Gasteiger partial charge in [0.1, 0.15) is 17.2 Å². The molecule has 0 atom stereocenters. The van der Waals surface area contributed by atoms with Crippen molar-refractivity contribution in [2.75, 3.05) is 7.11 Å². The van der Waals surface area contributed by atoms with Crippen molar-refractivity contribution >= 4 is 11.6 Å². The molecule has 0 aliphatic heterocycles. The van der Waals surface area contributed by atoms with Crippen molar-refractivity contribution in [3.63, 3.8) is 0 Å². The number of benzene rings is 1. The summed E-state index contributed by atoms with van der Waals surface area (Å²) in [6.07, 6.45) is -8.84. The van der Waals surface area contributed by atoms with Crippen molar-refractivity contribution in [1.82, 2.24) is 15.0 Å². The Labute approximate surface area is 174 Å². The number of nitrogens with zero attached hydrogens (tertiary/aromatic N) is 2. The standard InChI is InChI=1S/C18H10ClF6N3O3/c1-30-11-3-2-6-26-12(11)15-27-14(18(23,24)25)13(16(29)28-15)31-8-4-5-10(19)9(7-8)17(20,21)22/h2-7H,1H3,(H,27,28,29). The summed E-state index contributed by atoms with van der Waals surface area (Å²) >= 11 is 5.48. The number of rotatable bonds is 4. The molecule has 6 nitrogen and oxygen atoms in total. The first kappa shape index (κ1) is 22.4. The van der Waals surface area contributed by atoms with E-state index in [9.17, 15) is 31.1 Å². The summed E-state index contributed by atoms with van der Waals surface area (Å²) in [6.45, 7) is 0. The van der Waals surface area contributed by atoms with Gasteiger partial charge in [0.2, 0.25) is 5.75 Å². The number of aromatic amines is 1. The zero-order chi connectivity index (χ0) is 23.0. The van der Waals surface area contributed by atoms with Gasteiger partial charge in [-0.3, -0.25) is 4.79 Å². The lowest BCUT2D eigenvalue weighted by atomic mass is 10.2. The summed E-state index contributed by atoms with van der Waals surface area (Å²) in [6, 6.07) is 4.86. The minimum Gasteiger partial charge on any atom is -0.494 e. The third-order valence-corrected chi connectivity index (χ3v) is 4.15. The maximum absolute atomic E-state index is 13.6. The van der Waals surface area contributed by atoms with Crippen LogP contribution in [0.2, 0.25) is 5.02 Å². The highest BCUT2D eigenvalue weighted by Crippen LogP contribution is 2.40. The van der Waals surface area contributed by atoms with Crippen LogP contribution in [-0.2, 0) is 12.4 Å². The van der Waals surface area contributed by atoms with E-state index in [1.807, 2.05) is 0 Å². The van der Waals surface area contributed by atoms with E-state index in [0.29, 0.717) is 6.07 Å². The van der Waals surface area contributed by atoms with Gasteiger partial charge in [0.05, 0.1) is 17.7 Å². The number of nitrogens with one attached hydrogen (secondary N) is 1. The topological polar surface area (TPSA) is 77.1 Å². The molecule has 13 heteroatoms. The Morgan fingerprint density at radius 2 is 1.77 bits per heavy atom. The van der Waals surface area contributed by atoms with Crippen LogP contribution in [0.1, 0.15) is 11.3 Å². The van der Waals surface area contributed by atoms with E-state index in [0.717, 1.165) is 12.1 Å². The second-order valence-electron chi connectivity index (χ2n) is 5.89. The molecule has 31 heavy (non-hydrogen) atoms. The van der Waals surface area contributed by atoms with Crippen molar-refractivity contribution in [1.29, 1.82) is 0 Å². The first-order valence-electron chi connectivity index (χ1n) is 8.17. The normalized spacial score (nSPS) is 12.0. The molecule has 0 aliphatic carbocycles. The third-order valence-electron chi connectivity index (χ3n) is 3.82. The molecule has 1 aromatic carbocycles. The van der Waals surface area contributed by atoms with Gasteiger partial charge in [-0.1, -0.05) is 11.6 Å². The van der Waals surface area contributed by atoms with E-state index in [1.165, 1.54) is 25.4 Å². The first-order valence-corrected chi connectivity index (χ1v) is 8.55. The van der Waals surface area contributed by atoms with Gasteiger partial charge in [-0.15, -0.1) is 0 Å². The van der Waals surface area contributed by atoms with Gasteiger partial charge >= 0.3 is 12.4 Å². The number of hydrogen-bond acceptors (Lipinski definition) is 5. The first-order chi connectivity index (χ1) is 14.4. The van der Waals surface area contributed by atoms with Crippen LogP contribution in [0.4, 0.5) is 26.3 Å². The van der Waals surface area contributed by atoms with E-state index >= 15 is 0 Å². The minimum atomic E-state index is -5.18. The van der Waals surface area contributed by atoms with E-state index in [1.54, 1.807) is 0 Å². The number of aromatic nitrogens is 3. The monoisotopic (exact) mass is 465 g/mol. The van der Waals surface area contributed by atoms with Gasteiger partial charge in [-0.25, -0.2) is 9.97 Å². The molecule has 0 amide bonds. The zero-order valence-electron chi connectivity index (χ0n) is 15.2. The van der Waals surface area contributed by atoms with E-state index in [2.05, 4.69) is 15.0 Å². The molecule has 1 N–H and O–H groups in total. The molecule has 0 saturated heterocycles. The number of methoxy groups -OCH3 is 1. The average molecular weight is 466 g/mol. The summed E-state index contributed by atoms with van der Waals surface area (Å²) in [4.78, 5) is 21.7. The summed E-state index contributed by atoms with van der Waals surface area (Å²) in [5, 5.41) is -0.694. The van der Waals surface area contributed by atoms with E-state index < -0.39 is 51.5 Å². The SMILES string of the molecule is COc1cccnc1-c1nc(C(F)(F)F)c(Oc2ccc(Cl)c(C(F)(F)F)c2)c(=O)[nH]1. The predicted molar refractivity (Wildman–Crippen MR) is 96.2 cm³/mol. The lowest BCUT2D eigenvalue weighted by Gasteiger charge is -2.15. The molecule has 0 bridgehead atoms. The minimum absolute atomic E-state index is 0.0277. The molecule has 3 rings (SSSR count). The Bertz CT molecular complexity index is 1180.